The van der Waals surface area contributed by atoms with Gasteiger partial charge in [-0.25, -0.2) is 4.79 Å². The molecule has 0 bridgehead atoms. The Morgan fingerprint density at radius 1 is 0.979 bits per heavy atom. The highest BCUT2D eigenvalue weighted by atomic mass is 35.5. The zero-order valence-electron chi connectivity index (χ0n) is 27.4. The Morgan fingerprint density at radius 3 is 2.43 bits per heavy atom. The van der Waals surface area contributed by atoms with Crippen molar-refractivity contribution in [2.24, 2.45) is 23.0 Å². The molecule has 0 aromatic heterocycles. The number of piperidine rings is 1. The lowest BCUT2D eigenvalue weighted by atomic mass is 9.62. The van der Waals surface area contributed by atoms with Crippen LogP contribution in [-0.2, 0) is 27.2 Å². The van der Waals surface area contributed by atoms with Crippen LogP contribution in [0.5, 0.6) is 0 Å². The number of hydrogen-bond acceptors (Lipinski definition) is 5. The Labute approximate surface area is 283 Å². The van der Waals surface area contributed by atoms with Crippen LogP contribution in [0, 0.1) is 17.3 Å². The number of carbonyl (C=O) groups is 3. The summed E-state index contributed by atoms with van der Waals surface area (Å²) < 4.78 is 5.48. The molecule has 3 atom stereocenters. The minimum atomic E-state index is -0.690. The largest absolute Gasteiger partial charge is 0.447 e. The van der Waals surface area contributed by atoms with Crippen LogP contribution in [0.3, 0.4) is 0 Å². The Balaban J connectivity index is 1.06. The van der Waals surface area contributed by atoms with E-state index in [1.807, 2.05) is 52.3 Å². The molecule has 5 aliphatic rings. The third kappa shape index (κ3) is 6.65. The minimum Gasteiger partial charge on any atom is -0.447 e. The lowest BCUT2D eigenvalue weighted by Gasteiger charge is -2.49. The molecule has 0 radical (unpaired) electrons. The number of hydrogen-bond donors (Lipinski definition) is 2. The van der Waals surface area contributed by atoms with Crippen LogP contribution in [-0.4, -0.2) is 65.5 Å². The Bertz CT molecular complexity index is 1460. The fraction of sp³-hybridized carbons (Fsp3) is 0.605. The molecule has 252 valence electrons. The summed E-state index contributed by atoms with van der Waals surface area (Å²) in [6, 6.07) is 14.5. The monoisotopic (exact) mass is 660 g/mol. The molecule has 2 saturated heterocycles. The number of cyclic esters (lactones) is 1. The van der Waals surface area contributed by atoms with E-state index in [0.29, 0.717) is 43.5 Å². The van der Waals surface area contributed by atoms with Gasteiger partial charge in [-0.3, -0.25) is 14.5 Å². The molecule has 8 nitrogen and oxygen atoms in total. The Morgan fingerprint density at radius 2 is 1.70 bits per heavy atom. The average Bonchev–Trinajstić information content (AvgIpc) is 3.82. The van der Waals surface area contributed by atoms with Gasteiger partial charge in [-0.15, -0.1) is 0 Å². The predicted octanol–water partition coefficient (Wildman–Crippen LogP) is 6.19. The van der Waals surface area contributed by atoms with Gasteiger partial charge in [0.15, 0.2) is 0 Å². The number of nitrogens with two attached hydrogens (primary N) is 1. The number of nitrogens with zero attached hydrogens (tertiary/aromatic N) is 2. The first kappa shape index (κ1) is 32.4. The smallest absolute Gasteiger partial charge is 0.410 e. The van der Waals surface area contributed by atoms with Gasteiger partial charge in [0, 0.05) is 37.1 Å². The number of ether oxygens (including phenoxy) is 1. The van der Waals surface area contributed by atoms with Gasteiger partial charge < -0.3 is 20.7 Å². The van der Waals surface area contributed by atoms with E-state index >= 15 is 0 Å². The van der Waals surface area contributed by atoms with Crippen molar-refractivity contribution in [1.29, 1.82) is 0 Å². The van der Waals surface area contributed by atoms with Gasteiger partial charge in [-0.2, -0.15) is 0 Å². The number of fused-ring (bicyclic) bond motifs is 1. The van der Waals surface area contributed by atoms with Gasteiger partial charge in [-0.1, -0.05) is 67.3 Å². The van der Waals surface area contributed by atoms with E-state index in [9.17, 15) is 14.4 Å². The Hall–Kier alpha value is -3.10. The molecule has 2 heterocycles. The second kappa shape index (κ2) is 13.4. The molecule has 2 aliphatic heterocycles. The Kier molecular flexibility index (Phi) is 9.27. The number of carbonyl (C=O) groups excluding carboxylic acids is 3. The molecule has 2 saturated carbocycles. The van der Waals surface area contributed by atoms with Gasteiger partial charge in [0.25, 0.3) is 0 Å². The first-order chi connectivity index (χ1) is 22.8. The van der Waals surface area contributed by atoms with E-state index in [1.54, 1.807) is 0 Å². The van der Waals surface area contributed by atoms with E-state index in [4.69, 9.17) is 22.1 Å². The minimum absolute atomic E-state index is 0.0321. The second-order valence-electron chi connectivity index (χ2n) is 15.0. The topological polar surface area (TPSA) is 105 Å². The standard InChI is InChI=1S/C38H49ClN4O4/c39-29-13-10-26(11-14-29)24-32(41-34(44)31-15-12-27-6-4-5-9-30(27)33(31)40)35(45)42-21-18-37(19-22-42,28-7-2-1-3-8-28)20-23-43-36(46)47-25-38(43)16-17-38/h4-6,9-11,13-14,28,31-33H,1-3,7-8,12,15-25,40H2,(H,41,44)/t31?,32-,33?/m1/s1. The van der Waals surface area contributed by atoms with Crippen molar-refractivity contribution >= 4 is 29.5 Å². The SMILES string of the molecule is NC1c2ccccc2CCC1C(=O)N[C@H](Cc1ccc(Cl)cc1)C(=O)N1CCC(CCN2C(=O)OCC23CC3)(C2CCCCC2)CC1. The van der Waals surface area contributed by atoms with Crippen LogP contribution in [0.2, 0.25) is 5.02 Å². The molecule has 3 N–H and O–H groups in total. The van der Waals surface area contributed by atoms with Crippen LogP contribution in [0.1, 0.15) is 93.4 Å². The first-order valence-corrected chi connectivity index (χ1v) is 18.3. The highest BCUT2D eigenvalue weighted by Gasteiger charge is 2.57. The van der Waals surface area contributed by atoms with Gasteiger partial charge in [0.05, 0.1) is 11.5 Å². The molecule has 1 spiro atoms. The van der Waals surface area contributed by atoms with Crippen LogP contribution in [0.4, 0.5) is 4.79 Å². The molecule has 47 heavy (non-hydrogen) atoms. The molecule has 2 unspecified atom stereocenters. The summed E-state index contributed by atoms with van der Waals surface area (Å²) in [4.78, 5) is 44.8. The van der Waals surface area contributed by atoms with Gasteiger partial charge >= 0.3 is 6.09 Å². The van der Waals surface area contributed by atoms with Crippen LogP contribution in [0.25, 0.3) is 0 Å². The van der Waals surface area contributed by atoms with E-state index in [1.165, 1.54) is 37.7 Å². The molecular formula is C38H49ClN4O4. The molecule has 4 fully saturated rings. The number of nitrogens with one attached hydrogen (secondary N) is 1. The number of amides is 3. The van der Waals surface area contributed by atoms with Crippen molar-refractivity contribution in [3.05, 3.63) is 70.2 Å². The third-order valence-corrected chi connectivity index (χ3v) is 12.6. The van der Waals surface area contributed by atoms with Gasteiger partial charge in [-0.05, 0) is 97.9 Å². The summed E-state index contributed by atoms with van der Waals surface area (Å²) in [5.74, 6) is 0.0371. The normalized spacial score (nSPS) is 25.6. The number of likely N-dealkylation sites (tertiary alicyclic amines) is 1. The lowest BCUT2D eigenvalue weighted by Crippen LogP contribution is -2.55. The predicted molar refractivity (Wildman–Crippen MR) is 182 cm³/mol. The fourth-order valence-corrected chi connectivity index (χ4v) is 9.29. The molecular weight excluding hydrogens is 612 g/mol. The molecule has 2 aromatic carbocycles. The zero-order valence-corrected chi connectivity index (χ0v) is 28.2. The average molecular weight is 661 g/mol. The van der Waals surface area contributed by atoms with Gasteiger partial charge in [0.2, 0.25) is 11.8 Å². The molecule has 3 amide bonds. The van der Waals surface area contributed by atoms with E-state index < -0.39 is 18.0 Å². The quantitative estimate of drug-likeness (QED) is 0.334. The number of rotatable bonds is 9. The summed E-state index contributed by atoms with van der Waals surface area (Å²) in [6.07, 6.45) is 12.8. The van der Waals surface area contributed by atoms with Crippen molar-refractivity contribution in [2.75, 3.05) is 26.2 Å². The van der Waals surface area contributed by atoms with Crippen molar-refractivity contribution < 1.29 is 19.1 Å². The summed E-state index contributed by atoms with van der Waals surface area (Å²) in [6.45, 7) is 2.59. The summed E-state index contributed by atoms with van der Waals surface area (Å²) in [7, 11) is 0. The molecule has 3 aliphatic carbocycles. The van der Waals surface area contributed by atoms with E-state index in [-0.39, 0.29) is 28.9 Å². The van der Waals surface area contributed by atoms with Crippen molar-refractivity contribution in [3.63, 3.8) is 0 Å². The summed E-state index contributed by atoms with van der Waals surface area (Å²) in [5.41, 5.74) is 9.87. The maximum Gasteiger partial charge on any atom is 0.410 e. The zero-order chi connectivity index (χ0) is 32.6. The summed E-state index contributed by atoms with van der Waals surface area (Å²) >= 11 is 6.17. The van der Waals surface area contributed by atoms with Crippen molar-refractivity contribution in [3.8, 4) is 0 Å². The van der Waals surface area contributed by atoms with Gasteiger partial charge in [0.1, 0.15) is 12.6 Å². The molecule has 9 heteroatoms. The van der Waals surface area contributed by atoms with Crippen LogP contribution >= 0.6 is 11.6 Å². The van der Waals surface area contributed by atoms with Crippen molar-refractivity contribution in [2.45, 2.75) is 101 Å². The second-order valence-corrected chi connectivity index (χ2v) is 15.4. The van der Waals surface area contributed by atoms with Crippen molar-refractivity contribution in [1.82, 2.24) is 15.1 Å². The van der Waals surface area contributed by atoms with E-state index in [0.717, 1.165) is 56.2 Å². The first-order valence-electron chi connectivity index (χ1n) is 17.9. The molecule has 2 aromatic rings. The molecule has 7 rings (SSSR count). The highest BCUT2D eigenvalue weighted by molar-refractivity contribution is 6.30. The number of aryl methyl sites for hydroxylation is 1. The van der Waals surface area contributed by atoms with Crippen LogP contribution < -0.4 is 11.1 Å². The summed E-state index contributed by atoms with van der Waals surface area (Å²) in [5, 5.41) is 3.81. The van der Waals surface area contributed by atoms with Crippen LogP contribution in [0.15, 0.2) is 48.5 Å². The highest BCUT2D eigenvalue weighted by Crippen LogP contribution is 2.51. The number of halogens is 1. The number of benzene rings is 2. The lowest BCUT2D eigenvalue weighted by molar-refractivity contribution is -0.140. The van der Waals surface area contributed by atoms with E-state index in [2.05, 4.69) is 11.4 Å². The third-order valence-electron chi connectivity index (χ3n) is 12.3. The maximum absolute atomic E-state index is 14.3. The maximum atomic E-state index is 14.3. The fourth-order valence-electron chi connectivity index (χ4n) is 9.16.